The summed E-state index contributed by atoms with van der Waals surface area (Å²) >= 11 is 1.43. The van der Waals surface area contributed by atoms with Crippen LogP contribution in [0.15, 0.2) is 48.5 Å². The Hall–Kier alpha value is -2.60. The van der Waals surface area contributed by atoms with Gasteiger partial charge >= 0.3 is 5.97 Å². The van der Waals surface area contributed by atoms with E-state index in [1.807, 2.05) is 31.2 Å². The van der Waals surface area contributed by atoms with Crippen molar-refractivity contribution >= 4 is 35.1 Å². The molecule has 2 aromatic carbocycles. The molecule has 0 bridgehead atoms. The Balaban J connectivity index is 1.80. The number of carbonyl (C=O) groups is 3. The van der Waals surface area contributed by atoms with Crippen LogP contribution in [0.1, 0.15) is 35.3 Å². The van der Waals surface area contributed by atoms with Crippen LogP contribution in [-0.4, -0.2) is 29.5 Å². The van der Waals surface area contributed by atoms with Gasteiger partial charge in [-0.3, -0.25) is 14.4 Å². The number of hydrogen-bond acceptors (Lipinski definition) is 5. The third-order valence-corrected chi connectivity index (χ3v) is 4.83. The van der Waals surface area contributed by atoms with Crippen molar-refractivity contribution in [1.29, 1.82) is 0 Å². The van der Waals surface area contributed by atoms with Crippen LogP contribution in [-0.2, 0) is 20.1 Å². The number of esters is 1. The standard InChI is InChI=1S/C21H23NO4S/c1-14-8-10-17(11-9-14)12-27-13-20(24)26-16(3)21(25)22-19-7-5-4-6-18(19)15(2)23/h4-11,16H,12-13H2,1-3H3,(H,22,25)/t16-/m1/s1. The molecule has 0 aliphatic heterocycles. The predicted octanol–water partition coefficient (Wildman–Crippen LogP) is 4.00. The minimum absolute atomic E-state index is 0.150. The van der Waals surface area contributed by atoms with Crippen molar-refractivity contribution in [2.24, 2.45) is 0 Å². The normalized spacial score (nSPS) is 11.5. The Bertz CT molecular complexity index is 817. The third kappa shape index (κ3) is 6.57. The molecule has 5 nitrogen and oxygen atoms in total. The van der Waals surface area contributed by atoms with Gasteiger partial charge in [-0.2, -0.15) is 0 Å². The molecule has 0 unspecified atom stereocenters. The summed E-state index contributed by atoms with van der Waals surface area (Å²) < 4.78 is 5.19. The van der Waals surface area contributed by atoms with E-state index in [2.05, 4.69) is 5.32 Å². The van der Waals surface area contributed by atoms with Gasteiger partial charge in [0.2, 0.25) is 0 Å². The van der Waals surface area contributed by atoms with Gasteiger partial charge in [0.15, 0.2) is 11.9 Å². The lowest BCUT2D eigenvalue weighted by Gasteiger charge is -2.15. The molecule has 0 heterocycles. The first-order valence-corrected chi connectivity index (χ1v) is 9.76. The molecule has 0 saturated heterocycles. The number of nitrogens with one attached hydrogen (secondary N) is 1. The van der Waals surface area contributed by atoms with E-state index in [4.69, 9.17) is 4.74 Å². The van der Waals surface area contributed by atoms with Crippen molar-refractivity contribution in [1.82, 2.24) is 0 Å². The number of para-hydroxylation sites is 1. The third-order valence-electron chi connectivity index (χ3n) is 3.85. The first-order chi connectivity index (χ1) is 12.9. The number of hydrogen-bond donors (Lipinski definition) is 1. The lowest BCUT2D eigenvalue weighted by atomic mass is 10.1. The van der Waals surface area contributed by atoms with E-state index >= 15 is 0 Å². The van der Waals surface area contributed by atoms with Crippen molar-refractivity contribution in [3.8, 4) is 0 Å². The lowest BCUT2D eigenvalue weighted by Crippen LogP contribution is -2.31. The number of ketones is 1. The van der Waals surface area contributed by atoms with Gasteiger partial charge < -0.3 is 10.1 Å². The van der Waals surface area contributed by atoms with Crippen LogP contribution >= 0.6 is 11.8 Å². The van der Waals surface area contributed by atoms with E-state index in [-0.39, 0.29) is 11.5 Å². The van der Waals surface area contributed by atoms with E-state index in [1.54, 1.807) is 24.3 Å². The highest BCUT2D eigenvalue weighted by Gasteiger charge is 2.19. The summed E-state index contributed by atoms with van der Waals surface area (Å²) in [6.45, 7) is 4.96. The van der Waals surface area contributed by atoms with Crippen LogP contribution in [0.25, 0.3) is 0 Å². The van der Waals surface area contributed by atoms with Gasteiger partial charge in [0, 0.05) is 11.3 Å². The van der Waals surface area contributed by atoms with Crippen molar-refractivity contribution in [3.63, 3.8) is 0 Å². The van der Waals surface area contributed by atoms with Gasteiger partial charge in [0.25, 0.3) is 5.91 Å². The van der Waals surface area contributed by atoms with Gasteiger partial charge in [0.1, 0.15) is 0 Å². The van der Waals surface area contributed by atoms with Crippen molar-refractivity contribution in [3.05, 3.63) is 65.2 Å². The van der Waals surface area contributed by atoms with Crippen molar-refractivity contribution in [2.75, 3.05) is 11.1 Å². The number of aryl methyl sites for hydroxylation is 1. The molecule has 27 heavy (non-hydrogen) atoms. The quantitative estimate of drug-likeness (QED) is 0.549. The number of thioether (sulfide) groups is 1. The maximum absolute atomic E-state index is 12.2. The van der Waals surface area contributed by atoms with Gasteiger partial charge in [-0.15, -0.1) is 11.8 Å². The molecule has 0 radical (unpaired) electrons. The highest BCUT2D eigenvalue weighted by Crippen LogP contribution is 2.17. The lowest BCUT2D eigenvalue weighted by molar-refractivity contribution is -0.150. The van der Waals surface area contributed by atoms with E-state index in [0.717, 1.165) is 5.56 Å². The molecule has 0 spiro atoms. The highest BCUT2D eigenvalue weighted by molar-refractivity contribution is 7.99. The fourth-order valence-corrected chi connectivity index (χ4v) is 3.12. The Kier molecular flexibility index (Phi) is 7.61. The molecule has 0 saturated carbocycles. The first kappa shape index (κ1) is 20.7. The van der Waals surface area contributed by atoms with E-state index < -0.39 is 18.0 Å². The summed E-state index contributed by atoms with van der Waals surface area (Å²) in [5.74, 6) is -0.212. The number of benzene rings is 2. The Morgan fingerprint density at radius 3 is 2.41 bits per heavy atom. The van der Waals surface area contributed by atoms with E-state index in [0.29, 0.717) is 17.0 Å². The number of Topliss-reactive ketones (excluding diaryl/α,β-unsaturated/α-hetero) is 1. The number of ether oxygens (including phenoxy) is 1. The zero-order valence-electron chi connectivity index (χ0n) is 15.7. The SMILES string of the molecule is CC(=O)c1ccccc1NC(=O)[C@@H](C)OC(=O)CSCc1ccc(C)cc1. The summed E-state index contributed by atoms with van der Waals surface area (Å²) in [4.78, 5) is 35.8. The molecular formula is C21H23NO4S. The zero-order chi connectivity index (χ0) is 19.8. The summed E-state index contributed by atoms with van der Waals surface area (Å²) in [5, 5.41) is 2.64. The van der Waals surface area contributed by atoms with Crippen LogP contribution in [0.2, 0.25) is 0 Å². The Morgan fingerprint density at radius 2 is 1.74 bits per heavy atom. The second-order valence-corrected chi connectivity index (χ2v) is 7.19. The first-order valence-electron chi connectivity index (χ1n) is 8.60. The van der Waals surface area contributed by atoms with Crippen LogP contribution in [0.4, 0.5) is 5.69 Å². The summed E-state index contributed by atoms with van der Waals surface area (Å²) in [5.41, 5.74) is 3.14. The van der Waals surface area contributed by atoms with Crippen molar-refractivity contribution in [2.45, 2.75) is 32.6 Å². The molecule has 1 amide bonds. The fraction of sp³-hybridized carbons (Fsp3) is 0.286. The molecule has 2 rings (SSSR count). The van der Waals surface area contributed by atoms with Gasteiger partial charge in [-0.1, -0.05) is 42.0 Å². The zero-order valence-corrected chi connectivity index (χ0v) is 16.5. The highest BCUT2D eigenvalue weighted by atomic mass is 32.2. The Labute approximate surface area is 163 Å². The van der Waals surface area contributed by atoms with Crippen molar-refractivity contribution < 1.29 is 19.1 Å². The number of amides is 1. The summed E-state index contributed by atoms with van der Waals surface area (Å²) in [7, 11) is 0. The second kappa shape index (κ2) is 9.92. The second-order valence-electron chi connectivity index (χ2n) is 6.20. The maximum Gasteiger partial charge on any atom is 0.316 e. The van der Waals surface area contributed by atoms with E-state index in [1.165, 1.54) is 31.2 Å². The molecule has 6 heteroatoms. The summed E-state index contributed by atoms with van der Waals surface area (Å²) in [6.07, 6.45) is -0.947. The average Bonchev–Trinajstić information content (AvgIpc) is 2.63. The fourth-order valence-electron chi connectivity index (χ4n) is 2.35. The number of anilines is 1. The minimum Gasteiger partial charge on any atom is -0.452 e. The molecule has 1 atom stereocenters. The smallest absolute Gasteiger partial charge is 0.316 e. The van der Waals surface area contributed by atoms with Gasteiger partial charge in [-0.05, 0) is 38.5 Å². The molecule has 0 fully saturated rings. The number of carbonyl (C=O) groups excluding carboxylic acids is 3. The summed E-state index contributed by atoms with van der Waals surface area (Å²) in [6, 6.07) is 14.8. The molecular weight excluding hydrogens is 362 g/mol. The monoisotopic (exact) mass is 385 g/mol. The molecule has 0 aliphatic rings. The molecule has 1 N–H and O–H groups in total. The maximum atomic E-state index is 12.2. The average molecular weight is 385 g/mol. The van der Waals surface area contributed by atoms with Crippen LogP contribution in [0.5, 0.6) is 0 Å². The van der Waals surface area contributed by atoms with Gasteiger partial charge in [0.05, 0.1) is 11.4 Å². The largest absolute Gasteiger partial charge is 0.452 e. The minimum atomic E-state index is -0.947. The molecule has 0 aliphatic carbocycles. The predicted molar refractivity (Wildman–Crippen MR) is 108 cm³/mol. The molecule has 2 aromatic rings. The topological polar surface area (TPSA) is 72.5 Å². The Morgan fingerprint density at radius 1 is 1.07 bits per heavy atom. The molecule has 142 valence electrons. The van der Waals surface area contributed by atoms with Crippen LogP contribution in [0.3, 0.4) is 0 Å². The number of rotatable bonds is 8. The van der Waals surface area contributed by atoms with Crippen LogP contribution < -0.4 is 5.32 Å². The van der Waals surface area contributed by atoms with E-state index in [9.17, 15) is 14.4 Å². The van der Waals surface area contributed by atoms with Crippen LogP contribution in [0, 0.1) is 6.92 Å². The van der Waals surface area contributed by atoms with Gasteiger partial charge in [-0.25, -0.2) is 0 Å². The molecule has 0 aromatic heterocycles.